The molecule has 0 aliphatic rings. The van der Waals surface area contributed by atoms with Crippen molar-refractivity contribution in [1.82, 2.24) is 0 Å². The number of carboxylic acids is 2. The average Bonchev–Trinajstić information content (AvgIpc) is 2.62. The third-order valence-electron chi connectivity index (χ3n) is 3.77. The lowest BCUT2D eigenvalue weighted by molar-refractivity contribution is -0.162. The highest BCUT2D eigenvalue weighted by Gasteiger charge is 2.30. The second kappa shape index (κ2) is 17.0. The van der Waals surface area contributed by atoms with E-state index in [-0.39, 0.29) is 12.8 Å². The minimum Gasteiger partial charge on any atom is -0.481 e. The number of ether oxygens (including phenoxy) is 3. The Morgan fingerprint density at radius 2 is 1.06 bits per heavy atom. The molecule has 0 rings (SSSR count). The van der Waals surface area contributed by atoms with Crippen molar-refractivity contribution in [1.29, 1.82) is 0 Å². The van der Waals surface area contributed by atoms with E-state index in [1.807, 2.05) is 4.93 Å². The third-order valence-corrected chi connectivity index (χ3v) is 3.77. The number of aliphatic hydroxyl groups excluding tert-OH is 1. The van der Waals surface area contributed by atoms with Gasteiger partial charge in [-0.25, -0.2) is 0 Å². The summed E-state index contributed by atoms with van der Waals surface area (Å²) < 4.78 is 14.9. The van der Waals surface area contributed by atoms with Gasteiger partial charge < -0.3 is 29.5 Å². The summed E-state index contributed by atoms with van der Waals surface area (Å²) in [5.41, 5.74) is -1.24. The number of hydrogen-bond donors (Lipinski definition) is 3. The molecule has 0 radical (unpaired) electrons. The molecule has 0 aromatic carbocycles. The topological polar surface area (TPSA) is 157 Å². The zero-order valence-electron chi connectivity index (χ0n) is 21.3. The van der Waals surface area contributed by atoms with E-state index in [4.69, 9.17) is 29.5 Å². The van der Waals surface area contributed by atoms with Gasteiger partial charge in [-0.1, -0.05) is 22.6 Å². The van der Waals surface area contributed by atoms with Crippen LogP contribution in [0.25, 0.3) is 0 Å². The zero-order chi connectivity index (χ0) is 27.2. The molecule has 11 heteroatoms. The third kappa shape index (κ3) is 20.8. The first-order valence-corrected chi connectivity index (χ1v) is 12.4. The average molecular weight is 592 g/mol. The first-order valence-electron chi connectivity index (χ1n) is 10.3. The van der Waals surface area contributed by atoms with Crippen LogP contribution in [0, 0.1) is 11.8 Å². The first kappa shape index (κ1) is 36.1. The Morgan fingerprint density at radius 1 is 0.758 bits per heavy atom. The molecule has 0 aliphatic carbocycles. The largest absolute Gasteiger partial charge is 0.481 e. The standard InChI is InChI=1S/C11H20O5.C10H18O5.CH3I/c1-7(15-5)8(10(13)14)6-9(12)16-11(2,3)4;1-6(11)7(9(13)14)5-8(12)15-10(2,3)4;1-2/h7-8H,6H2,1-5H3,(H,13,14);6-7,11H,5H2,1-4H3,(H,13,14);1H3/t7-,8+;6-,7+;/m00./s1. The van der Waals surface area contributed by atoms with E-state index in [1.54, 1.807) is 48.5 Å². The highest BCUT2D eigenvalue weighted by molar-refractivity contribution is 14.1. The molecule has 196 valence electrons. The summed E-state index contributed by atoms with van der Waals surface area (Å²) in [7, 11) is 1.41. The van der Waals surface area contributed by atoms with Crippen LogP contribution in [0.1, 0.15) is 68.2 Å². The van der Waals surface area contributed by atoms with E-state index in [2.05, 4.69) is 22.6 Å². The molecule has 33 heavy (non-hydrogen) atoms. The lowest BCUT2D eigenvalue weighted by atomic mass is 10.00. The molecule has 4 atom stereocenters. The normalized spacial score (nSPS) is 14.7. The van der Waals surface area contributed by atoms with Crippen LogP contribution in [-0.4, -0.2) is 74.6 Å². The molecule has 3 N–H and O–H groups in total. The lowest BCUT2D eigenvalue weighted by Gasteiger charge is -2.22. The molecule has 0 bridgehead atoms. The minimum atomic E-state index is -1.20. The molecule has 0 saturated carbocycles. The Kier molecular flexibility index (Phi) is 18.6. The molecule has 0 aromatic heterocycles. The van der Waals surface area contributed by atoms with Crippen LogP contribution in [0.4, 0.5) is 0 Å². The second-order valence-corrected chi connectivity index (χ2v) is 9.15. The molecule has 10 nitrogen and oxygen atoms in total. The van der Waals surface area contributed by atoms with Gasteiger partial charge in [0.2, 0.25) is 0 Å². The van der Waals surface area contributed by atoms with E-state index >= 15 is 0 Å². The summed E-state index contributed by atoms with van der Waals surface area (Å²) in [6.45, 7) is 13.3. The van der Waals surface area contributed by atoms with E-state index in [0.717, 1.165) is 0 Å². The molecular formula is C22H41IO10. The van der Waals surface area contributed by atoms with Gasteiger partial charge in [-0.2, -0.15) is 0 Å². The van der Waals surface area contributed by atoms with Crippen molar-refractivity contribution < 1.29 is 48.7 Å². The van der Waals surface area contributed by atoms with E-state index < -0.39 is 59.1 Å². The molecule has 0 saturated heterocycles. The Bertz CT molecular complexity index is 605. The number of alkyl halides is 1. The summed E-state index contributed by atoms with van der Waals surface area (Å²) in [6, 6.07) is 0. The maximum Gasteiger partial charge on any atom is 0.309 e. The SMILES string of the molecule is CI.CO[C@@H](C)[C@@H](CC(=O)OC(C)(C)C)C(=O)O.C[C@H](O)[C@@H](CC(=O)OC(C)(C)C)C(=O)O. The van der Waals surface area contributed by atoms with Gasteiger partial charge in [0.1, 0.15) is 11.2 Å². The van der Waals surface area contributed by atoms with Crippen LogP contribution in [0.15, 0.2) is 0 Å². The number of hydrogen-bond acceptors (Lipinski definition) is 8. The van der Waals surface area contributed by atoms with Crippen LogP contribution < -0.4 is 0 Å². The molecule has 0 unspecified atom stereocenters. The number of methoxy groups -OCH3 is 1. The Balaban J connectivity index is -0.000000508. The number of aliphatic carboxylic acids is 2. The van der Waals surface area contributed by atoms with Gasteiger partial charge in [0.25, 0.3) is 0 Å². The summed E-state index contributed by atoms with van der Waals surface area (Å²) in [5.74, 6) is -5.38. The molecule has 0 fully saturated rings. The zero-order valence-corrected chi connectivity index (χ0v) is 23.5. The smallest absolute Gasteiger partial charge is 0.309 e. The maximum absolute atomic E-state index is 11.5. The number of aliphatic hydroxyl groups is 1. The summed E-state index contributed by atoms with van der Waals surface area (Å²) in [5, 5.41) is 26.8. The monoisotopic (exact) mass is 592 g/mol. The molecule has 0 spiro atoms. The fourth-order valence-electron chi connectivity index (χ4n) is 2.21. The van der Waals surface area contributed by atoms with E-state index in [9.17, 15) is 19.2 Å². The van der Waals surface area contributed by atoms with Crippen molar-refractivity contribution in [2.75, 3.05) is 12.0 Å². The van der Waals surface area contributed by atoms with Crippen LogP contribution >= 0.6 is 22.6 Å². The first-order chi connectivity index (χ1) is 14.8. The van der Waals surface area contributed by atoms with Crippen molar-refractivity contribution in [3.05, 3.63) is 0 Å². The fraction of sp³-hybridized carbons (Fsp3) is 0.818. The molecule has 0 amide bonds. The van der Waals surface area contributed by atoms with Gasteiger partial charge in [0.15, 0.2) is 0 Å². The minimum absolute atomic E-state index is 0.179. The van der Waals surface area contributed by atoms with Crippen molar-refractivity contribution in [2.24, 2.45) is 11.8 Å². The molecule has 0 aromatic rings. The van der Waals surface area contributed by atoms with Gasteiger partial charge in [-0.15, -0.1) is 0 Å². The summed E-state index contributed by atoms with van der Waals surface area (Å²) in [6.07, 6.45) is -2.09. The van der Waals surface area contributed by atoms with Gasteiger partial charge >= 0.3 is 23.9 Å². The molecule has 0 heterocycles. The van der Waals surface area contributed by atoms with Crippen molar-refractivity contribution >= 4 is 46.5 Å². The Hall–Kier alpha value is -1.47. The summed E-state index contributed by atoms with van der Waals surface area (Å²) in [4.78, 5) is 46.3. The number of carboxylic acid groups (broad SMARTS) is 2. The van der Waals surface area contributed by atoms with Gasteiger partial charge in [0.05, 0.1) is 36.9 Å². The molecular weight excluding hydrogens is 551 g/mol. The van der Waals surface area contributed by atoms with Crippen LogP contribution in [0.3, 0.4) is 0 Å². The number of rotatable bonds is 9. The van der Waals surface area contributed by atoms with Crippen LogP contribution in [-0.2, 0) is 33.4 Å². The van der Waals surface area contributed by atoms with Crippen molar-refractivity contribution in [3.63, 3.8) is 0 Å². The second-order valence-electron chi connectivity index (χ2n) is 9.15. The van der Waals surface area contributed by atoms with E-state index in [0.29, 0.717) is 0 Å². The lowest BCUT2D eigenvalue weighted by Crippen LogP contribution is -2.32. The molecule has 0 aliphatic heterocycles. The Labute approximate surface area is 210 Å². The van der Waals surface area contributed by atoms with Gasteiger partial charge in [0, 0.05) is 7.11 Å². The highest BCUT2D eigenvalue weighted by atomic mass is 127. The van der Waals surface area contributed by atoms with Crippen LogP contribution in [0.2, 0.25) is 0 Å². The van der Waals surface area contributed by atoms with Crippen molar-refractivity contribution in [2.45, 2.75) is 91.6 Å². The number of halogens is 1. The van der Waals surface area contributed by atoms with Crippen LogP contribution in [0.5, 0.6) is 0 Å². The number of carbonyl (C=O) groups is 4. The predicted molar refractivity (Wildman–Crippen MR) is 131 cm³/mol. The predicted octanol–water partition coefficient (Wildman–Crippen LogP) is 3.30. The highest BCUT2D eigenvalue weighted by Crippen LogP contribution is 2.17. The number of esters is 2. The van der Waals surface area contributed by atoms with E-state index in [1.165, 1.54) is 14.0 Å². The fourth-order valence-corrected chi connectivity index (χ4v) is 2.21. The quantitative estimate of drug-likeness (QED) is 0.206. The Morgan fingerprint density at radius 3 is 1.27 bits per heavy atom. The van der Waals surface area contributed by atoms with Gasteiger partial charge in [-0.3, -0.25) is 19.2 Å². The van der Waals surface area contributed by atoms with Gasteiger partial charge in [-0.05, 0) is 60.3 Å². The summed E-state index contributed by atoms with van der Waals surface area (Å²) >= 11 is 2.15. The van der Waals surface area contributed by atoms with Crippen molar-refractivity contribution in [3.8, 4) is 0 Å². The maximum atomic E-state index is 11.5. The number of carbonyl (C=O) groups excluding carboxylic acids is 2.